The molecule has 1 fully saturated rings. The van der Waals surface area contributed by atoms with Crippen molar-refractivity contribution in [3.63, 3.8) is 0 Å². The molecule has 1 aliphatic rings. The number of amides is 5. The second-order valence-electron chi connectivity index (χ2n) is 15.4. The lowest BCUT2D eigenvalue weighted by molar-refractivity contribution is -0.144. The molecule has 0 radical (unpaired) electrons. The minimum atomic E-state index is -1.26. The van der Waals surface area contributed by atoms with Crippen molar-refractivity contribution in [2.75, 3.05) is 13.2 Å². The SMILES string of the molecule is Cc1cc(CCCC(=O)NC(C(=O)N2C[C@H](O)C[C@H]2C(=O)NC(C)c2ccc(-c3scnc3C)cc2)C(C)(C)C)c(Cl)c(OCC(CCC(N)=O)NC(=O)O)c1. The van der Waals surface area contributed by atoms with E-state index in [9.17, 15) is 29.1 Å². The quantitative estimate of drug-likeness (QED) is 0.107. The van der Waals surface area contributed by atoms with E-state index in [0.717, 1.165) is 32.8 Å². The molecule has 5 amide bonds. The van der Waals surface area contributed by atoms with Gasteiger partial charge in [-0.15, -0.1) is 11.3 Å². The molecule has 1 aromatic heterocycles. The summed E-state index contributed by atoms with van der Waals surface area (Å²) in [4.78, 5) is 70.3. The number of likely N-dealkylation sites (tertiary alicyclic amines) is 1. The highest BCUT2D eigenvalue weighted by molar-refractivity contribution is 7.13. The molecule has 7 N–H and O–H groups in total. The number of aliphatic hydroxyl groups excluding tert-OH is 1. The Morgan fingerprint density at radius 2 is 1.77 bits per heavy atom. The van der Waals surface area contributed by atoms with E-state index in [0.29, 0.717) is 23.6 Å². The number of ether oxygens (including phenoxy) is 1. The Hall–Kier alpha value is -4.73. The van der Waals surface area contributed by atoms with Crippen LogP contribution in [-0.4, -0.2) is 87.2 Å². The molecule has 0 bridgehead atoms. The van der Waals surface area contributed by atoms with Crippen molar-refractivity contribution in [3.8, 4) is 16.2 Å². The number of primary amides is 1. The zero-order valence-corrected chi connectivity index (χ0v) is 34.3. The van der Waals surface area contributed by atoms with Crippen LogP contribution in [0.4, 0.5) is 4.79 Å². The Labute approximate surface area is 336 Å². The van der Waals surface area contributed by atoms with Gasteiger partial charge in [0.25, 0.3) is 0 Å². The number of nitrogens with two attached hydrogens (primary N) is 1. The molecule has 16 heteroatoms. The van der Waals surface area contributed by atoms with Gasteiger partial charge in [-0.3, -0.25) is 19.2 Å². The van der Waals surface area contributed by atoms with Crippen LogP contribution in [-0.2, 0) is 25.6 Å². The van der Waals surface area contributed by atoms with Crippen molar-refractivity contribution in [2.45, 2.75) is 110 Å². The maximum atomic E-state index is 14.1. The molecule has 0 aliphatic carbocycles. The number of halogens is 1. The predicted molar refractivity (Wildman–Crippen MR) is 214 cm³/mol. The van der Waals surface area contributed by atoms with Crippen LogP contribution in [0.3, 0.4) is 0 Å². The number of hydrogen-bond donors (Lipinski definition) is 6. The lowest BCUT2D eigenvalue weighted by Crippen LogP contribution is -2.57. The van der Waals surface area contributed by atoms with Gasteiger partial charge in [0, 0.05) is 25.8 Å². The molecule has 0 saturated carbocycles. The van der Waals surface area contributed by atoms with E-state index in [1.54, 1.807) is 22.9 Å². The minimum absolute atomic E-state index is 0.0229. The number of carbonyl (C=O) groups is 5. The fourth-order valence-electron chi connectivity index (χ4n) is 6.66. The van der Waals surface area contributed by atoms with Gasteiger partial charge < -0.3 is 41.5 Å². The lowest BCUT2D eigenvalue weighted by atomic mass is 9.85. The van der Waals surface area contributed by atoms with E-state index >= 15 is 0 Å². The Kier molecular flexibility index (Phi) is 15.3. The summed E-state index contributed by atoms with van der Waals surface area (Å²) in [5, 5.41) is 28.3. The van der Waals surface area contributed by atoms with Crippen LogP contribution in [0.15, 0.2) is 41.9 Å². The Morgan fingerprint density at radius 1 is 1.07 bits per heavy atom. The molecule has 14 nitrogen and oxygen atoms in total. The zero-order chi connectivity index (χ0) is 41.3. The van der Waals surface area contributed by atoms with Crippen molar-refractivity contribution in [1.82, 2.24) is 25.8 Å². The molecule has 56 heavy (non-hydrogen) atoms. The zero-order valence-electron chi connectivity index (χ0n) is 32.7. The van der Waals surface area contributed by atoms with Gasteiger partial charge in [0.1, 0.15) is 24.4 Å². The summed E-state index contributed by atoms with van der Waals surface area (Å²) in [6.07, 6.45) is -1.09. The van der Waals surface area contributed by atoms with Crippen molar-refractivity contribution in [3.05, 3.63) is 69.3 Å². The number of carbonyl (C=O) groups excluding carboxylic acids is 4. The van der Waals surface area contributed by atoms with Gasteiger partial charge in [0.05, 0.1) is 39.3 Å². The molecule has 304 valence electrons. The number of rotatable bonds is 17. The number of aryl methyl sites for hydroxylation is 3. The average Bonchev–Trinajstić information content (AvgIpc) is 3.74. The molecule has 0 spiro atoms. The van der Waals surface area contributed by atoms with Crippen LogP contribution in [0.2, 0.25) is 5.02 Å². The van der Waals surface area contributed by atoms with Gasteiger partial charge >= 0.3 is 6.09 Å². The second-order valence-corrected chi connectivity index (χ2v) is 16.7. The van der Waals surface area contributed by atoms with Gasteiger partial charge in [-0.1, -0.05) is 62.7 Å². The number of nitrogens with one attached hydrogen (secondary N) is 3. The summed E-state index contributed by atoms with van der Waals surface area (Å²) in [6.45, 7) is 11.0. The Bertz CT molecular complexity index is 1880. The van der Waals surface area contributed by atoms with E-state index in [1.165, 1.54) is 4.90 Å². The number of nitrogens with zero attached hydrogens (tertiary/aromatic N) is 2. The van der Waals surface area contributed by atoms with Gasteiger partial charge in [0.15, 0.2) is 0 Å². The fourth-order valence-corrected chi connectivity index (χ4v) is 7.73. The van der Waals surface area contributed by atoms with Gasteiger partial charge in [-0.05, 0) is 73.8 Å². The number of thiazole rings is 1. The minimum Gasteiger partial charge on any atom is -0.490 e. The third kappa shape index (κ3) is 12.1. The van der Waals surface area contributed by atoms with E-state index in [-0.39, 0.29) is 56.7 Å². The highest BCUT2D eigenvalue weighted by Crippen LogP contribution is 2.32. The molecule has 3 aromatic rings. The summed E-state index contributed by atoms with van der Waals surface area (Å²) in [7, 11) is 0. The molecule has 4 rings (SSSR count). The number of benzene rings is 2. The summed E-state index contributed by atoms with van der Waals surface area (Å²) in [5.41, 5.74) is 10.7. The first-order valence-electron chi connectivity index (χ1n) is 18.6. The summed E-state index contributed by atoms with van der Waals surface area (Å²) < 4.78 is 5.86. The first kappa shape index (κ1) is 44.0. The summed E-state index contributed by atoms with van der Waals surface area (Å²) in [6, 6.07) is 8.52. The molecule has 2 heterocycles. The lowest BCUT2D eigenvalue weighted by Gasteiger charge is -2.35. The Morgan fingerprint density at radius 3 is 2.38 bits per heavy atom. The van der Waals surface area contributed by atoms with E-state index < -0.39 is 47.6 Å². The average molecular weight is 813 g/mol. The first-order valence-corrected chi connectivity index (χ1v) is 19.9. The third-order valence-corrected chi connectivity index (χ3v) is 11.1. The van der Waals surface area contributed by atoms with Crippen LogP contribution in [0, 0.1) is 19.3 Å². The molecule has 1 saturated heterocycles. The van der Waals surface area contributed by atoms with Crippen molar-refractivity contribution in [2.24, 2.45) is 11.1 Å². The summed E-state index contributed by atoms with van der Waals surface area (Å²) >= 11 is 8.24. The Balaban J connectivity index is 1.36. The number of hydrogen-bond acceptors (Lipinski definition) is 9. The molecule has 2 aromatic carbocycles. The molecule has 5 atom stereocenters. The van der Waals surface area contributed by atoms with Gasteiger partial charge in [-0.2, -0.15) is 0 Å². The van der Waals surface area contributed by atoms with E-state index in [4.69, 9.17) is 27.2 Å². The predicted octanol–water partition coefficient (Wildman–Crippen LogP) is 5.05. The van der Waals surface area contributed by atoms with Gasteiger partial charge in [0.2, 0.25) is 23.6 Å². The van der Waals surface area contributed by atoms with Crippen molar-refractivity contribution >= 4 is 52.7 Å². The number of aliphatic hydroxyl groups is 1. The van der Waals surface area contributed by atoms with Crippen molar-refractivity contribution in [1.29, 1.82) is 0 Å². The van der Waals surface area contributed by atoms with Crippen LogP contribution in [0.25, 0.3) is 10.4 Å². The standard InChI is InChI=1S/C40H53ClN6O8S/c1-22-16-27(34(41)31(17-22)55-20-28(45-39(53)54)14-15-32(42)49)8-7-9-33(50)46-36(40(4,5)6)38(52)47-19-29(48)18-30(47)37(51)44-23(2)25-10-12-26(13-11-25)35-24(3)43-21-56-35/h10-13,16-17,21,23,28-30,36,45,48H,7-9,14-15,18-20H2,1-6H3,(H2,42,49)(H,44,51)(H,46,50)(H,53,54)/t23?,28?,29-,30+,36?/m1/s1. The summed E-state index contributed by atoms with van der Waals surface area (Å²) in [5.74, 6) is -1.42. The van der Waals surface area contributed by atoms with Crippen molar-refractivity contribution < 1.29 is 38.9 Å². The number of carboxylic acid groups (broad SMARTS) is 1. The highest BCUT2D eigenvalue weighted by Gasteiger charge is 2.44. The first-order chi connectivity index (χ1) is 26.3. The van der Waals surface area contributed by atoms with Gasteiger partial charge in [-0.25, -0.2) is 9.78 Å². The highest BCUT2D eigenvalue weighted by atomic mass is 35.5. The van der Waals surface area contributed by atoms with E-state index in [1.807, 2.05) is 71.9 Å². The monoisotopic (exact) mass is 812 g/mol. The van der Waals surface area contributed by atoms with Crippen LogP contribution < -0.4 is 26.4 Å². The maximum absolute atomic E-state index is 14.1. The topological polar surface area (TPSA) is 213 Å². The molecular weight excluding hydrogens is 760 g/mol. The normalized spacial score (nSPS) is 17.1. The third-order valence-electron chi connectivity index (χ3n) is 9.68. The fraction of sp³-hybridized carbons (Fsp3) is 0.500. The number of β-amino-alcohol motifs (C(OH)–C–C–N with tert-alkyl or cyclic N) is 1. The van der Waals surface area contributed by atoms with Crippen LogP contribution in [0.5, 0.6) is 5.75 Å². The van der Waals surface area contributed by atoms with Crippen LogP contribution >= 0.6 is 22.9 Å². The maximum Gasteiger partial charge on any atom is 0.404 e. The molecule has 1 aliphatic heterocycles. The number of aromatic nitrogens is 1. The largest absolute Gasteiger partial charge is 0.490 e. The smallest absolute Gasteiger partial charge is 0.404 e. The second kappa shape index (κ2) is 19.4. The van der Waals surface area contributed by atoms with E-state index in [2.05, 4.69) is 20.9 Å². The molecule has 3 unspecified atom stereocenters. The molecular formula is C40H53ClN6O8S. The van der Waals surface area contributed by atoms with Crippen LogP contribution in [0.1, 0.15) is 88.2 Å².